The van der Waals surface area contributed by atoms with E-state index in [4.69, 9.17) is 9.84 Å². The molecule has 0 aliphatic heterocycles. The molecule has 0 saturated heterocycles. The van der Waals surface area contributed by atoms with Crippen molar-refractivity contribution >= 4 is 0 Å². The van der Waals surface area contributed by atoms with E-state index in [1.54, 1.807) is 0 Å². The van der Waals surface area contributed by atoms with Crippen molar-refractivity contribution in [2.24, 2.45) is 0 Å². The second-order valence-electron chi connectivity index (χ2n) is 4.07. The Kier molecular flexibility index (Phi) is 6.66. The van der Waals surface area contributed by atoms with Gasteiger partial charge in [0.15, 0.2) is 0 Å². The molecule has 1 aromatic rings. The number of ether oxygens (including phenoxy) is 1. The highest BCUT2D eigenvalue weighted by Crippen LogP contribution is 2.14. The summed E-state index contributed by atoms with van der Waals surface area (Å²) in [7, 11) is 0. The summed E-state index contributed by atoms with van der Waals surface area (Å²) in [6, 6.07) is 7.64. The summed E-state index contributed by atoms with van der Waals surface area (Å²) in [5.41, 5.74) is 0.906. The van der Waals surface area contributed by atoms with Crippen molar-refractivity contribution in [2.45, 2.75) is 45.6 Å². The zero-order chi connectivity index (χ0) is 11.6. The average molecular weight is 222 g/mol. The minimum atomic E-state index is 0.0771. The predicted molar refractivity (Wildman–Crippen MR) is 66.6 cm³/mol. The van der Waals surface area contributed by atoms with Crippen molar-refractivity contribution in [1.82, 2.24) is 0 Å². The summed E-state index contributed by atoms with van der Waals surface area (Å²) >= 11 is 0. The van der Waals surface area contributed by atoms with Crippen LogP contribution in [0.25, 0.3) is 0 Å². The molecule has 0 aliphatic rings. The molecule has 1 aromatic carbocycles. The van der Waals surface area contributed by atoms with Gasteiger partial charge in [0, 0.05) is 0 Å². The summed E-state index contributed by atoms with van der Waals surface area (Å²) in [5, 5.41) is 8.98. The molecule has 1 rings (SSSR count). The Morgan fingerprint density at radius 2 is 1.94 bits per heavy atom. The van der Waals surface area contributed by atoms with Crippen molar-refractivity contribution in [3.05, 3.63) is 29.8 Å². The Balaban J connectivity index is 2.16. The predicted octanol–water partition coefficient (Wildman–Crippen LogP) is 3.53. The van der Waals surface area contributed by atoms with Crippen LogP contribution in [0.5, 0.6) is 5.75 Å². The zero-order valence-corrected chi connectivity index (χ0v) is 10.1. The van der Waals surface area contributed by atoms with E-state index in [0.29, 0.717) is 0 Å². The van der Waals surface area contributed by atoms with Crippen LogP contribution in [0.3, 0.4) is 0 Å². The summed E-state index contributed by atoms with van der Waals surface area (Å²) in [4.78, 5) is 0. The molecule has 2 nitrogen and oxygen atoms in total. The molecule has 0 saturated carbocycles. The first-order valence-corrected chi connectivity index (χ1v) is 6.19. The van der Waals surface area contributed by atoms with Crippen LogP contribution in [-0.4, -0.2) is 11.7 Å². The van der Waals surface area contributed by atoms with Gasteiger partial charge in [-0.2, -0.15) is 0 Å². The number of hydrogen-bond donors (Lipinski definition) is 1. The zero-order valence-electron chi connectivity index (χ0n) is 10.1. The Labute approximate surface area is 98.3 Å². The number of hydrogen-bond acceptors (Lipinski definition) is 2. The Hall–Kier alpha value is -1.02. The van der Waals surface area contributed by atoms with Gasteiger partial charge in [-0.15, -0.1) is 0 Å². The SMILES string of the molecule is CCCCCCCOc1cccc(CO)c1. The van der Waals surface area contributed by atoms with Crippen LogP contribution in [0.1, 0.15) is 44.6 Å². The summed E-state index contributed by atoms with van der Waals surface area (Å²) < 4.78 is 5.62. The van der Waals surface area contributed by atoms with Crippen LogP contribution in [0.15, 0.2) is 24.3 Å². The molecule has 0 heterocycles. The molecule has 1 N–H and O–H groups in total. The lowest BCUT2D eigenvalue weighted by atomic mass is 10.2. The van der Waals surface area contributed by atoms with Crippen molar-refractivity contribution in [1.29, 1.82) is 0 Å². The standard InChI is InChI=1S/C14H22O2/c1-2-3-4-5-6-10-16-14-9-7-8-13(11-14)12-15/h7-9,11,15H,2-6,10,12H2,1H3. The van der Waals surface area contributed by atoms with E-state index >= 15 is 0 Å². The van der Waals surface area contributed by atoms with Crippen LogP contribution >= 0.6 is 0 Å². The van der Waals surface area contributed by atoms with Gasteiger partial charge in [0.2, 0.25) is 0 Å². The van der Waals surface area contributed by atoms with Crippen LogP contribution in [-0.2, 0) is 6.61 Å². The normalized spacial score (nSPS) is 10.4. The highest BCUT2D eigenvalue weighted by molar-refractivity contribution is 5.27. The maximum absolute atomic E-state index is 8.98. The molecule has 0 amide bonds. The largest absolute Gasteiger partial charge is 0.494 e. The third-order valence-electron chi connectivity index (χ3n) is 2.60. The smallest absolute Gasteiger partial charge is 0.119 e. The summed E-state index contributed by atoms with van der Waals surface area (Å²) in [5.74, 6) is 0.863. The minimum absolute atomic E-state index is 0.0771. The topological polar surface area (TPSA) is 29.5 Å². The Bertz CT molecular complexity index is 284. The first-order chi connectivity index (χ1) is 7.86. The van der Waals surface area contributed by atoms with Crippen molar-refractivity contribution < 1.29 is 9.84 Å². The lowest BCUT2D eigenvalue weighted by molar-refractivity contribution is 0.278. The molecule has 0 unspecified atom stereocenters. The lowest BCUT2D eigenvalue weighted by Gasteiger charge is -2.06. The summed E-state index contributed by atoms with van der Waals surface area (Å²) in [6.07, 6.45) is 6.26. The van der Waals surface area contributed by atoms with E-state index < -0.39 is 0 Å². The first-order valence-electron chi connectivity index (χ1n) is 6.19. The van der Waals surface area contributed by atoms with Gasteiger partial charge in [-0.25, -0.2) is 0 Å². The molecule has 0 aliphatic carbocycles. The molecule has 0 fully saturated rings. The maximum Gasteiger partial charge on any atom is 0.119 e. The van der Waals surface area contributed by atoms with E-state index in [-0.39, 0.29) is 6.61 Å². The quantitative estimate of drug-likeness (QED) is 0.682. The third-order valence-corrected chi connectivity index (χ3v) is 2.60. The van der Waals surface area contributed by atoms with Gasteiger partial charge in [0.1, 0.15) is 5.75 Å². The molecule has 0 radical (unpaired) electrons. The van der Waals surface area contributed by atoms with E-state index in [0.717, 1.165) is 24.3 Å². The number of unbranched alkanes of at least 4 members (excludes halogenated alkanes) is 4. The van der Waals surface area contributed by atoms with Gasteiger partial charge in [0.25, 0.3) is 0 Å². The Morgan fingerprint density at radius 3 is 2.69 bits per heavy atom. The Morgan fingerprint density at radius 1 is 1.12 bits per heavy atom. The highest BCUT2D eigenvalue weighted by atomic mass is 16.5. The van der Waals surface area contributed by atoms with Crippen molar-refractivity contribution in [3.63, 3.8) is 0 Å². The molecule has 0 spiro atoms. The second-order valence-corrected chi connectivity index (χ2v) is 4.07. The molecule has 0 atom stereocenters. The fourth-order valence-corrected chi connectivity index (χ4v) is 1.63. The van der Waals surface area contributed by atoms with Gasteiger partial charge >= 0.3 is 0 Å². The van der Waals surface area contributed by atoms with Crippen molar-refractivity contribution in [3.8, 4) is 5.75 Å². The first kappa shape index (κ1) is 13.0. The van der Waals surface area contributed by atoms with Crippen LogP contribution < -0.4 is 4.74 Å². The number of aliphatic hydroxyl groups excluding tert-OH is 1. The molecule has 2 heteroatoms. The highest BCUT2D eigenvalue weighted by Gasteiger charge is 1.96. The molecule has 16 heavy (non-hydrogen) atoms. The number of rotatable bonds is 8. The van der Waals surface area contributed by atoms with E-state index in [1.165, 1.54) is 25.7 Å². The van der Waals surface area contributed by atoms with Crippen LogP contribution in [0.2, 0.25) is 0 Å². The fourth-order valence-electron chi connectivity index (χ4n) is 1.63. The summed E-state index contributed by atoms with van der Waals surface area (Å²) in [6.45, 7) is 3.07. The molecular formula is C14H22O2. The van der Waals surface area contributed by atoms with E-state index in [1.807, 2.05) is 24.3 Å². The van der Waals surface area contributed by atoms with E-state index in [2.05, 4.69) is 6.92 Å². The molecule has 0 bridgehead atoms. The molecular weight excluding hydrogens is 200 g/mol. The molecule has 90 valence electrons. The minimum Gasteiger partial charge on any atom is -0.494 e. The second kappa shape index (κ2) is 8.17. The van der Waals surface area contributed by atoms with Gasteiger partial charge < -0.3 is 9.84 Å². The van der Waals surface area contributed by atoms with Crippen LogP contribution in [0.4, 0.5) is 0 Å². The third kappa shape index (κ3) is 5.17. The van der Waals surface area contributed by atoms with Crippen LogP contribution in [0, 0.1) is 0 Å². The van der Waals surface area contributed by atoms with Gasteiger partial charge in [-0.1, -0.05) is 44.7 Å². The lowest BCUT2D eigenvalue weighted by Crippen LogP contribution is -1.97. The average Bonchev–Trinajstić information content (AvgIpc) is 2.34. The fraction of sp³-hybridized carbons (Fsp3) is 0.571. The number of benzene rings is 1. The van der Waals surface area contributed by atoms with Gasteiger partial charge in [-0.05, 0) is 24.1 Å². The number of aliphatic hydroxyl groups is 1. The maximum atomic E-state index is 8.98. The monoisotopic (exact) mass is 222 g/mol. The van der Waals surface area contributed by atoms with Gasteiger partial charge in [0.05, 0.1) is 13.2 Å². The van der Waals surface area contributed by atoms with E-state index in [9.17, 15) is 0 Å². The molecule has 0 aromatic heterocycles. The van der Waals surface area contributed by atoms with Gasteiger partial charge in [-0.3, -0.25) is 0 Å². The van der Waals surface area contributed by atoms with Crippen molar-refractivity contribution in [2.75, 3.05) is 6.61 Å².